The van der Waals surface area contributed by atoms with Gasteiger partial charge in [-0.25, -0.2) is 0 Å². The van der Waals surface area contributed by atoms with Gasteiger partial charge in [0.1, 0.15) is 46.5 Å². The van der Waals surface area contributed by atoms with E-state index in [2.05, 4.69) is 531 Å². The molecule has 0 aliphatic heterocycles. The summed E-state index contributed by atoms with van der Waals surface area (Å²) in [6, 6.07) is 175. The fraction of sp³-hybridized carbons (Fsp3) is 0. The molecular weight excluding hydrogens is 1830 g/mol. The Morgan fingerprint density at radius 3 is 0.553 bits per heavy atom. The van der Waals surface area contributed by atoms with E-state index in [4.69, 9.17) is 0 Å². The van der Waals surface area contributed by atoms with Gasteiger partial charge in [-0.15, -0.1) is 0 Å². The molecule has 690 valence electrons. The summed E-state index contributed by atoms with van der Waals surface area (Å²) in [5.41, 5.74) is 27.4. The van der Waals surface area contributed by atoms with Crippen LogP contribution < -0.4 is 0 Å². The van der Waals surface area contributed by atoms with E-state index in [0.29, 0.717) is 56.6 Å². The third-order valence-corrected chi connectivity index (χ3v) is 32.0. The minimum Gasteiger partial charge on any atom is -0.309 e. The molecule has 32 aromatic rings. The first kappa shape index (κ1) is 82.4. The van der Waals surface area contributed by atoms with E-state index in [9.17, 15) is 21.0 Å². The number of para-hydroxylation sites is 16. The molecule has 14 nitrogen and oxygen atoms in total. The molecule has 0 amide bonds. The van der Waals surface area contributed by atoms with Gasteiger partial charge in [-0.1, -0.05) is 303 Å². The summed E-state index contributed by atoms with van der Waals surface area (Å²) < 4.78 is 23.1. The Kier molecular flexibility index (Phi) is 17.1. The fourth-order valence-corrected chi connectivity index (χ4v) is 26.1. The van der Waals surface area contributed by atoms with Crippen molar-refractivity contribution in [3.8, 4) is 92.3 Å². The summed E-state index contributed by atoms with van der Waals surface area (Å²) in [5.74, 6) is 0. The Hall–Kier alpha value is -21.2. The Morgan fingerprint density at radius 2 is 0.287 bits per heavy atom. The number of nitriles is 4. The summed E-state index contributed by atoms with van der Waals surface area (Å²) in [7, 11) is 0. The number of fused-ring (bicyclic) bond motifs is 31. The van der Waals surface area contributed by atoms with Crippen LogP contribution in [0.1, 0.15) is 22.3 Å². The predicted octanol–water partition coefficient (Wildman–Crippen LogP) is 33.8. The number of nitrogens with zero attached hydrogens (tertiary/aromatic N) is 14. The van der Waals surface area contributed by atoms with Crippen LogP contribution in [0.3, 0.4) is 0 Å². The van der Waals surface area contributed by atoms with Crippen LogP contribution in [0.4, 0.5) is 0 Å². The lowest BCUT2D eigenvalue weighted by Crippen LogP contribution is -2.17. The van der Waals surface area contributed by atoms with Crippen molar-refractivity contribution in [3.63, 3.8) is 0 Å². The molecule has 0 radical (unpaired) electrons. The Morgan fingerprint density at radius 1 is 0.120 bits per heavy atom. The molecule has 150 heavy (non-hydrogen) atoms. The van der Waals surface area contributed by atoms with Gasteiger partial charge >= 0.3 is 0 Å². The molecule has 22 aromatic carbocycles. The van der Waals surface area contributed by atoms with Crippen LogP contribution in [0.5, 0.6) is 0 Å². The molecule has 14 heteroatoms. The zero-order valence-corrected chi connectivity index (χ0v) is 80.1. The highest BCUT2D eigenvalue weighted by atomic mass is 15.2. The van der Waals surface area contributed by atoms with Gasteiger partial charge < -0.3 is 45.7 Å². The fourth-order valence-electron chi connectivity index (χ4n) is 26.1. The third-order valence-electron chi connectivity index (χ3n) is 32.0. The number of aromatic nitrogens is 10. The molecule has 0 N–H and O–H groups in total. The van der Waals surface area contributed by atoms with Gasteiger partial charge in [0.2, 0.25) is 0 Å². The molecule has 10 heterocycles. The van der Waals surface area contributed by atoms with Crippen LogP contribution in [0.2, 0.25) is 0 Å². The second-order valence-electron chi connectivity index (χ2n) is 39.2. The molecule has 0 aliphatic carbocycles. The zero-order chi connectivity index (χ0) is 98.7. The lowest BCUT2D eigenvalue weighted by atomic mass is 9.98. The molecule has 0 saturated carbocycles. The largest absolute Gasteiger partial charge is 0.309 e. The van der Waals surface area contributed by atoms with E-state index in [-0.39, 0.29) is 11.1 Å². The van der Waals surface area contributed by atoms with Crippen LogP contribution in [-0.4, -0.2) is 45.7 Å². The highest BCUT2D eigenvalue weighted by Crippen LogP contribution is 2.56. The highest BCUT2D eigenvalue weighted by Gasteiger charge is 2.39. The maximum absolute atomic E-state index is 13.5. The first-order valence-corrected chi connectivity index (χ1v) is 50.5. The first-order chi connectivity index (χ1) is 74.4. The summed E-state index contributed by atoms with van der Waals surface area (Å²) in [5, 5.41) is 73.5. The van der Waals surface area contributed by atoms with Gasteiger partial charge in [0.15, 0.2) is 0 Å². The van der Waals surface area contributed by atoms with Crippen molar-refractivity contribution >= 4 is 218 Å². The monoisotopic (exact) mass is 1900 g/mol. The Bertz CT molecular complexity index is 11200. The topological polar surface area (TPSA) is 144 Å². The number of hydrogen-bond acceptors (Lipinski definition) is 4. The first-order valence-electron chi connectivity index (χ1n) is 50.5. The maximum Gasteiger partial charge on any atom is 0.104 e. The summed E-state index contributed by atoms with van der Waals surface area (Å²) >= 11 is 0. The molecule has 0 aliphatic rings. The Labute approximate surface area is 854 Å². The average Bonchev–Trinajstić information content (AvgIpc) is 1.51. The Balaban J connectivity index is 0.693. The van der Waals surface area contributed by atoms with Crippen molar-refractivity contribution in [2.24, 2.45) is 0 Å². The molecule has 0 unspecified atom stereocenters. The van der Waals surface area contributed by atoms with Crippen LogP contribution in [-0.2, 0) is 0 Å². The minimum absolute atomic E-state index is 0.286. The van der Waals surface area contributed by atoms with Crippen molar-refractivity contribution in [1.29, 1.82) is 21.0 Å². The van der Waals surface area contributed by atoms with Gasteiger partial charge in [0, 0.05) is 119 Å². The lowest BCUT2D eigenvalue weighted by Gasteiger charge is -2.27. The molecule has 0 bridgehead atoms. The summed E-state index contributed by atoms with van der Waals surface area (Å²) in [6.07, 6.45) is 0. The van der Waals surface area contributed by atoms with Gasteiger partial charge in [-0.3, -0.25) is 0 Å². The van der Waals surface area contributed by atoms with E-state index in [1.165, 1.54) is 0 Å². The van der Waals surface area contributed by atoms with E-state index in [1.54, 1.807) is 0 Å². The lowest BCUT2D eigenvalue weighted by molar-refractivity contribution is 1.02. The van der Waals surface area contributed by atoms with Crippen molar-refractivity contribution in [1.82, 2.24) is 45.7 Å². The molecule has 0 spiro atoms. The zero-order valence-electron chi connectivity index (χ0n) is 80.1. The normalized spacial score (nSPS) is 12.1. The van der Waals surface area contributed by atoms with Crippen LogP contribution in [0.15, 0.2) is 461 Å². The van der Waals surface area contributed by atoms with Crippen molar-refractivity contribution < 1.29 is 0 Å². The van der Waals surface area contributed by atoms with Gasteiger partial charge in [-0.05, 0) is 169 Å². The van der Waals surface area contributed by atoms with Gasteiger partial charge in [0.25, 0.3) is 0 Å². The quantitative estimate of drug-likeness (QED) is 0.127. The van der Waals surface area contributed by atoms with E-state index in [0.717, 1.165) is 241 Å². The number of benzene rings is 22. The summed E-state index contributed by atoms with van der Waals surface area (Å²) in [6.45, 7) is 0. The van der Waals surface area contributed by atoms with Crippen LogP contribution >= 0.6 is 0 Å². The van der Waals surface area contributed by atoms with Crippen LogP contribution in [0.25, 0.3) is 286 Å². The maximum atomic E-state index is 13.5. The second kappa shape index (κ2) is 31.2. The predicted molar refractivity (Wildman–Crippen MR) is 614 cm³/mol. The average molecular weight is 1910 g/mol. The molecule has 10 aromatic heterocycles. The van der Waals surface area contributed by atoms with Crippen molar-refractivity contribution in [2.45, 2.75) is 0 Å². The van der Waals surface area contributed by atoms with E-state index >= 15 is 0 Å². The molecule has 0 atom stereocenters. The molecule has 32 rings (SSSR count). The minimum atomic E-state index is 0.286. The molecule has 0 saturated heterocycles. The third kappa shape index (κ3) is 11.0. The summed E-state index contributed by atoms with van der Waals surface area (Å²) in [4.78, 5) is 0. The van der Waals surface area contributed by atoms with E-state index in [1.807, 2.05) is 0 Å². The van der Waals surface area contributed by atoms with Crippen molar-refractivity contribution in [3.05, 3.63) is 483 Å². The number of rotatable bonds is 11. The molecule has 0 fully saturated rings. The molecular formula is C136H76N14. The SMILES string of the molecule is N#Cc1c(-n2c3ccccc3c3cc4c(cc32)c2ccccc2n4-c2ccccc2)c(C#N)c(-n2c3ccccc3c3cc(-c4ccc5c(c4)c4ccccc4n5-c4c(C#N)c(-n5c6ccccc6c6c7c8ccccc8n(-c8ccccc8)c7ccc65)c(C#N)c(-n5c6ccccc6c6ccccc65)c4-n4c5ccccc5c5ccccc54)ccc32)c(-n2c3ccccc3c3ccccc32)c1-n1c2ccccc2c2ccccc21. The van der Waals surface area contributed by atoms with Crippen molar-refractivity contribution in [2.75, 3.05) is 0 Å². The van der Waals surface area contributed by atoms with Gasteiger partial charge in [0.05, 0.1) is 156 Å². The number of hydrogen-bond donors (Lipinski definition) is 0. The van der Waals surface area contributed by atoms with Gasteiger partial charge in [-0.2, -0.15) is 21.0 Å². The van der Waals surface area contributed by atoms with Crippen LogP contribution in [0, 0.1) is 45.3 Å². The standard InChI is InChI=1S/C136H76N14/c137-77-103-129(149-120-66-34-20-52-98(120)128-124(149)72-71-123-127(128)97-51-19-33-65-119(97)141(123)83-35-3-1-4-36-83)104(78-138)133(135(147-112-58-26-11-43-89(112)90-44-12-27-59-113(90)147)131(103)143-108-54-22-7-39-85(108)86-40-8-23-55-109(86)143)145-116-62-30-16-47-93(116)99-73-81(67-69-121(99)145)82-68-70-122-100(74-82)94-48-17-31-63-117(94)146(122)134-106(80-140)130(150-118-64-32-18-50-96(118)102-75-125-101(76-126(102)150)95-49-15-21-53-107(95)142(125)84-37-5-2-6-38-84)105(79-139)132(144-110-56-24-9-41-87(110)88-42-10-25-57-111(88)144)136(134)148-114-60-28-13-45-91(114)92-46-14-29-61-115(92)148/h1-76H. The van der Waals surface area contributed by atoms with E-state index < -0.39 is 0 Å². The second-order valence-corrected chi connectivity index (χ2v) is 39.2. The smallest absolute Gasteiger partial charge is 0.104 e. The highest BCUT2D eigenvalue weighted by molar-refractivity contribution is 6.30.